The molecule has 0 atom stereocenters. The lowest BCUT2D eigenvalue weighted by Crippen LogP contribution is -2.12. The number of benzene rings is 1. The van der Waals surface area contributed by atoms with Gasteiger partial charge in [-0.15, -0.1) is 0 Å². The molecule has 0 radical (unpaired) electrons. The van der Waals surface area contributed by atoms with Gasteiger partial charge in [0.25, 0.3) is 0 Å². The molecule has 0 saturated heterocycles. The van der Waals surface area contributed by atoms with Gasteiger partial charge < -0.3 is 14.8 Å². The lowest BCUT2D eigenvalue weighted by Gasteiger charge is -2.11. The van der Waals surface area contributed by atoms with Crippen LogP contribution in [0.4, 0.5) is 0 Å². The predicted molar refractivity (Wildman–Crippen MR) is 78.9 cm³/mol. The zero-order valence-electron chi connectivity index (χ0n) is 11.9. The van der Waals surface area contributed by atoms with Crippen LogP contribution in [-0.4, -0.2) is 18.7 Å². The maximum absolute atomic E-state index is 5.57. The highest BCUT2D eigenvalue weighted by molar-refractivity contribution is 5.42. The van der Waals surface area contributed by atoms with Crippen LogP contribution in [0.3, 0.4) is 0 Å². The van der Waals surface area contributed by atoms with Crippen LogP contribution in [0.2, 0.25) is 0 Å². The van der Waals surface area contributed by atoms with Crippen molar-refractivity contribution in [2.45, 2.75) is 20.0 Å². The lowest BCUT2D eigenvalue weighted by molar-refractivity contribution is 0.310. The molecule has 0 bridgehead atoms. The highest BCUT2D eigenvalue weighted by Gasteiger charge is 2.05. The Morgan fingerprint density at radius 3 is 2.65 bits per heavy atom. The van der Waals surface area contributed by atoms with Crippen molar-refractivity contribution >= 4 is 0 Å². The fraction of sp³-hybridized carbons (Fsp3) is 0.312. The van der Waals surface area contributed by atoms with Crippen LogP contribution in [0, 0.1) is 0 Å². The Kier molecular flexibility index (Phi) is 5.38. The number of hydrogen-bond acceptors (Lipinski definition) is 4. The van der Waals surface area contributed by atoms with Crippen molar-refractivity contribution in [2.75, 3.05) is 13.7 Å². The van der Waals surface area contributed by atoms with Gasteiger partial charge in [0.1, 0.15) is 0 Å². The van der Waals surface area contributed by atoms with Crippen LogP contribution in [0.25, 0.3) is 0 Å². The largest absolute Gasteiger partial charge is 0.493 e. The van der Waals surface area contributed by atoms with E-state index >= 15 is 0 Å². The first-order chi connectivity index (χ1) is 9.83. The van der Waals surface area contributed by atoms with Crippen LogP contribution >= 0.6 is 0 Å². The van der Waals surface area contributed by atoms with Crippen LogP contribution in [0.15, 0.2) is 42.7 Å². The van der Waals surface area contributed by atoms with Crippen LogP contribution < -0.4 is 14.8 Å². The SMILES string of the molecule is CCOc1cc(CNCc2cccnc2)ccc1OC. The van der Waals surface area contributed by atoms with E-state index in [0.29, 0.717) is 6.61 Å². The van der Waals surface area contributed by atoms with E-state index < -0.39 is 0 Å². The van der Waals surface area contributed by atoms with Gasteiger partial charge in [-0.25, -0.2) is 0 Å². The molecule has 1 heterocycles. The molecule has 4 nitrogen and oxygen atoms in total. The number of rotatable bonds is 7. The van der Waals surface area contributed by atoms with Gasteiger partial charge >= 0.3 is 0 Å². The first-order valence-electron chi connectivity index (χ1n) is 6.72. The van der Waals surface area contributed by atoms with Gasteiger partial charge in [-0.2, -0.15) is 0 Å². The summed E-state index contributed by atoms with van der Waals surface area (Å²) in [6, 6.07) is 9.99. The van der Waals surface area contributed by atoms with Gasteiger partial charge in [-0.05, 0) is 36.2 Å². The van der Waals surface area contributed by atoms with E-state index in [4.69, 9.17) is 9.47 Å². The highest BCUT2D eigenvalue weighted by atomic mass is 16.5. The van der Waals surface area contributed by atoms with Crippen molar-refractivity contribution in [2.24, 2.45) is 0 Å². The maximum atomic E-state index is 5.57. The third-order valence-corrected chi connectivity index (χ3v) is 2.91. The third-order valence-electron chi connectivity index (χ3n) is 2.91. The number of pyridine rings is 1. The number of aromatic nitrogens is 1. The molecular weight excluding hydrogens is 252 g/mol. The standard InChI is InChI=1S/C16H20N2O2/c1-3-20-16-9-13(6-7-15(16)19-2)10-18-12-14-5-4-8-17-11-14/h4-9,11,18H,3,10,12H2,1-2H3. The molecule has 1 aromatic carbocycles. The molecule has 0 aliphatic rings. The molecule has 0 saturated carbocycles. The number of ether oxygens (including phenoxy) is 2. The Hall–Kier alpha value is -2.07. The zero-order valence-corrected chi connectivity index (χ0v) is 11.9. The van der Waals surface area contributed by atoms with Crippen molar-refractivity contribution in [3.8, 4) is 11.5 Å². The van der Waals surface area contributed by atoms with Crippen molar-refractivity contribution in [1.82, 2.24) is 10.3 Å². The summed E-state index contributed by atoms with van der Waals surface area (Å²) in [6.45, 7) is 4.17. The summed E-state index contributed by atoms with van der Waals surface area (Å²) in [5.41, 5.74) is 2.34. The Balaban J connectivity index is 1.94. The van der Waals surface area contributed by atoms with Gasteiger partial charge in [0.05, 0.1) is 13.7 Å². The molecule has 0 aliphatic heterocycles. The smallest absolute Gasteiger partial charge is 0.161 e. The topological polar surface area (TPSA) is 43.4 Å². The van der Waals surface area contributed by atoms with Gasteiger partial charge in [0.15, 0.2) is 11.5 Å². The van der Waals surface area contributed by atoms with E-state index in [9.17, 15) is 0 Å². The minimum atomic E-state index is 0.628. The highest BCUT2D eigenvalue weighted by Crippen LogP contribution is 2.27. The van der Waals surface area contributed by atoms with E-state index in [1.54, 1.807) is 13.3 Å². The Labute approximate surface area is 119 Å². The molecule has 106 valence electrons. The summed E-state index contributed by atoms with van der Waals surface area (Å²) in [5, 5.41) is 3.39. The number of hydrogen-bond donors (Lipinski definition) is 1. The third kappa shape index (κ3) is 3.96. The first kappa shape index (κ1) is 14.3. The molecule has 1 aromatic heterocycles. The summed E-state index contributed by atoms with van der Waals surface area (Å²) < 4.78 is 10.8. The number of methoxy groups -OCH3 is 1. The maximum Gasteiger partial charge on any atom is 0.161 e. The number of nitrogens with one attached hydrogen (secondary N) is 1. The fourth-order valence-corrected chi connectivity index (χ4v) is 1.95. The second kappa shape index (κ2) is 7.50. The average molecular weight is 272 g/mol. The van der Waals surface area contributed by atoms with Crippen molar-refractivity contribution in [3.05, 3.63) is 53.9 Å². The summed E-state index contributed by atoms with van der Waals surface area (Å²) in [6.07, 6.45) is 3.65. The minimum absolute atomic E-state index is 0.628. The monoisotopic (exact) mass is 272 g/mol. The van der Waals surface area contributed by atoms with E-state index in [1.807, 2.05) is 37.4 Å². The molecule has 4 heteroatoms. The first-order valence-corrected chi connectivity index (χ1v) is 6.72. The van der Waals surface area contributed by atoms with Gasteiger partial charge in [0, 0.05) is 25.5 Å². The molecule has 2 rings (SSSR count). The normalized spacial score (nSPS) is 10.3. The quantitative estimate of drug-likeness (QED) is 0.841. The molecule has 0 fully saturated rings. The second-order valence-corrected chi connectivity index (χ2v) is 4.38. The van der Waals surface area contributed by atoms with Crippen LogP contribution in [0.5, 0.6) is 11.5 Å². The molecule has 0 aliphatic carbocycles. The molecule has 0 spiro atoms. The van der Waals surface area contributed by atoms with E-state index in [2.05, 4.69) is 16.4 Å². The van der Waals surface area contributed by atoms with Crippen molar-refractivity contribution in [1.29, 1.82) is 0 Å². The summed E-state index contributed by atoms with van der Waals surface area (Å²) in [5.74, 6) is 1.55. The average Bonchev–Trinajstić information content (AvgIpc) is 2.49. The molecular formula is C16H20N2O2. The Morgan fingerprint density at radius 2 is 1.95 bits per heavy atom. The van der Waals surface area contributed by atoms with E-state index in [0.717, 1.165) is 30.2 Å². The van der Waals surface area contributed by atoms with E-state index in [1.165, 1.54) is 5.56 Å². The summed E-state index contributed by atoms with van der Waals surface area (Å²) >= 11 is 0. The Bertz CT molecular complexity index is 529. The van der Waals surface area contributed by atoms with Gasteiger partial charge in [-0.3, -0.25) is 4.98 Å². The molecule has 0 unspecified atom stereocenters. The van der Waals surface area contributed by atoms with Crippen LogP contribution in [0.1, 0.15) is 18.1 Å². The van der Waals surface area contributed by atoms with Crippen molar-refractivity contribution in [3.63, 3.8) is 0 Å². The molecule has 2 aromatic rings. The van der Waals surface area contributed by atoms with Gasteiger partial charge in [-0.1, -0.05) is 12.1 Å². The summed E-state index contributed by atoms with van der Waals surface area (Å²) in [7, 11) is 1.65. The van der Waals surface area contributed by atoms with Crippen molar-refractivity contribution < 1.29 is 9.47 Å². The zero-order chi connectivity index (χ0) is 14.2. The summed E-state index contributed by atoms with van der Waals surface area (Å²) in [4.78, 5) is 4.09. The Morgan fingerprint density at radius 1 is 1.10 bits per heavy atom. The van der Waals surface area contributed by atoms with Crippen LogP contribution in [-0.2, 0) is 13.1 Å². The van der Waals surface area contributed by atoms with E-state index in [-0.39, 0.29) is 0 Å². The lowest BCUT2D eigenvalue weighted by atomic mass is 10.2. The molecule has 0 amide bonds. The number of nitrogens with zero attached hydrogens (tertiary/aromatic N) is 1. The minimum Gasteiger partial charge on any atom is -0.493 e. The molecule has 1 N–H and O–H groups in total. The van der Waals surface area contributed by atoms with Gasteiger partial charge in [0.2, 0.25) is 0 Å². The predicted octanol–water partition coefficient (Wildman–Crippen LogP) is 2.78. The molecule has 20 heavy (non-hydrogen) atoms. The second-order valence-electron chi connectivity index (χ2n) is 4.38. The fourth-order valence-electron chi connectivity index (χ4n) is 1.95.